The zero-order chi connectivity index (χ0) is 22.8. The molecule has 1 saturated heterocycles. The number of ether oxygens (including phenoxy) is 1. The van der Waals surface area contributed by atoms with Crippen LogP contribution < -0.4 is 10.6 Å². The van der Waals surface area contributed by atoms with Gasteiger partial charge in [-0.05, 0) is 66.7 Å². The highest BCUT2D eigenvalue weighted by molar-refractivity contribution is 6.48. The predicted octanol–water partition coefficient (Wildman–Crippen LogP) is 3.70. The van der Waals surface area contributed by atoms with Crippen LogP contribution in [0.3, 0.4) is 0 Å². The fourth-order valence-electron chi connectivity index (χ4n) is 3.04. The lowest BCUT2D eigenvalue weighted by Gasteiger charge is -2.32. The Morgan fingerprint density at radius 2 is 1.45 bits per heavy atom. The van der Waals surface area contributed by atoms with Gasteiger partial charge in [0.2, 0.25) is 5.91 Å². The summed E-state index contributed by atoms with van der Waals surface area (Å²) in [6.45, 7) is 21.2. The maximum absolute atomic E-state index is 13.1. The average Bonchev–Trinajstić information content (AvgIpc) is 2.69. The predicted molar refractivity (Wildman–Crippen MR) is 115 cm³/mol. The molecule has 1 rings (SSSR count). The molecule has 168 valence electrons. The molecule has 2 unspecified atom stereocenters. The van der Waals surface area contributed by atoms with Crippen molar-refractivity contribution in [1.29, 1.82) is 0 Å². The summed E-state index contributed by atoms with van der Waals surface area (Å²) < 4.78 is 17.6. The summed E-state index contributed by atoms with van der Waals surface area (Å²) in [7, 11) is -0.555. The van der Waals surface area contributed by atoms with Crippen molar-refractivity contribution in [3.63, 3.8) is 0 Å². The van der Waals surface area contributed by atoms with Crippen LogP contribution in [0.4, 0.5) is 4.79 Å². The van der Waals surface area contributed by atoms with Crippen molar-refractivity contribution in [1.82, 2.24) is 10.6 Å². The van der Waals surface area contributed by atoms with Gasteiger partial charge in [0.15, 0.2) is 0 Å². The first kappa shape index (κ1) is 25.8. The number of amides is 2. The zero-order valence-corrected chi connectivity index (χ0v) is 20.1. The standard InChI is InChI=1S/C21H41BN2O5/c1-13(2)12-15(22-28-20(8,9)21(10,11)29-22)23-17(25)16(14(3)4)24-18(26)27-19(5,6)7/h13-16H,12H2,1-11H3,(H,23,25)(H,24,26). The Morgan fingerprint density at radius 3 is 1.83 bits per heavy atom. The zero-order valence-electron chi connectivity index (χ0n) is 20.1. The van der Waals surface area contributed by atoms with Gasteiger partial charge in [0.05, 0.1) is 17.1 Å². The molecule has 7 nitrogen and oxygen atoms in total. The number of carbonyl (C=O) groups excluding carboxylic acids is 2. The highest BCUT2D eigenvalue weighted by atomic mass is 16.7. The molecule has 8 heteroatoms. The molecule has 29 heavy (non-hydrogen) atoms. The molecule has 1 aliphatic rings. The highest BCUT2D eigenvalue weighted by Crippen LogP contribution is 2.38. The lowest BCUT2D eigenvalue weighted by molar-refractivity contribution is -0.124. The van der Waals surface area contributed by atoms with E-state index in [1.807, 2.05) is 41.5 Å². The van der Waals surface area contributed by atoms with E-state index in [4.69, 9.17) is 14.0 Å². The van der Waals surface area contributed by atoms with Gasteiger partial charge in [0.1, 0.15) is 11.6 Å². The van der Waals surface area contributed by atoms with Gasteiger partial charge >= 0.3 is 13.2 Å². The summed E-state index contributed by atoms with van der Waals surface area (Å²) in [6.07, 6.45) is 0.0854. The fourth-order valence-corrected chi connectivity index (χ4v) is 3.04. The smallest absolute Gasteiger partial charge is 0.444 e. The van der Waals surface area contributed by atoms with Crippen LogP contribution in [-0.2, 0) is 18.8 Å². The largest absolute Gasteiger partial charge is 0.481 e. The van der Waals surface area contributed by atoms with E-state index in [2.05, 4.69) is 24.5 Å². The molecule has 2 atom stereocenters. The summed E-state index contributed by atoms with van der Waals surface area (Å²) in [5.41, 5.74) is -1.60. The van der Waals surface area contributed by atoms with E-state index in [1.165, 1.54) is 0 Å². The average molecular weight is 412 g/mol. The maximum atomic E-state index is 13.1. The Morgan fingerprint density at radius 1 is 0.966 bits per heavy atom. The van der Waals surface area contributed by atoms with E-state index in [9.17, 15) is 9.59 Å². The molecule has 0 aromatic rings. The molecule has 2 amide bonds. The molecule has 0 aliphatic carbocycles. The first-order valence-electron chi connectivity index (χ1n) is 10.6. The van der Waals surface area contributed by atoms with E-state index in [0.29, 0.717) is 12.3 Å². The van der Waals surface area contributed by atoms with Gasteiger partial charge in [-0.2, -0.15) is 0 Å². The van der Waals surface area contributed by atoms with Crippen LogP contribution in [0.1, 0.15) is 82.6 Å². The van der Waals surface area contributed by atoms with Gasteiger partial charge in [-0.1, -0.05) is 27.7 Å². The Balaban J connectivity index is 2.93. The molecule has 0 aromatic carbocycles. The molecule has 1 heterocycles. The monoisotopic (exact) mass is 412 g/mol. The van der Waals surface area contributed by atoms with Crippen LogP contribution >= 0.6 is 0 Å². The van der Waals surface area contributed by atoms with Crippen molar-refractivity contribution in [2.24, 2.45) is 11.8 Å². The fraction of sp³-hybridized carbons (Fsp3) is 0.905. The molecule has 0 aromatic heterocycles. The van der Waals surface area contributed by atoms with Gasteiger partial charge in [-0.3, -0.25) is 4.79 Å². The number of rotatable bonds is 7. The lowest BCUT2D eigenvalue weighted by Crippen LogP contribution is -2.56. The van der Waals surface area contributed by atoms with Gasteiger partial charge in [0, 0.05) is 0 Å². The number of carbonyl (C=O) groups is 2. The minimum Gasteiger partial charge on any atom is -0.444 e. The van der Waals surface area contributed by atoms with E-state index >= 15 is 0 Å². The SMILES string of the molecule is CC(C)CC(NC(=O)C(NC(=O)OC(C)(C)C)C(C)C)B1OC(C)(C)C(C)(C)O1. The maximum Gasteiger partial charge on any atom is 0.481 e. The Hall–Kier alpha value is -1.28. The van der Waals surface area contributed by atoms with Crippen molar-refractivity contribution < 1.29 is 23.6 Å². The normalized spacial score (nSPS) is 20.5. The van der Waals surface area contributed by atoms with Crippen LogP contribution in [0.25, 0.3) is 0 Å². The summed E-state index contributed by atoms with van der Waals surface area (Å²) in [4.78, 5) is 25.3. The van der Waals surface area contributed by atoms with Gasteiger partial charge < -0.3 is 24.7 Å². The van der Waals surface area contributed by atoms with Crippen LogP contribution in [0, 0.1) is 11.8 Å². The summed E-state index contributed by atoms with van der Waals surface area (Å²) in [5.74, 6) is -0.382. The van der Waals surface area contributed by atoms with Crippen molar-refractivity contribution in [2.75, 3.05) is 0 Å². The molecule has 2 N–H and O–H groups in total. The molecule has 0 saturated carbocycles. The van der Waals surface area contributed by atoms with Crippen molar-refractivity contribution in [3.8, 4) is 0 Å². The number of hydrogen-bond donors (Lipinski definition) is 2. The molecular formula is C21H41BN2O5. The second kappa shape index (κ2) is 9.25. The van der Waals surface area contributed by atoms with Gasteiger partial charge in [-0.15, -0.1) is 0 Å². The second-order valence-electron chi connectivity index (χ2n) is 10.7. The van der Waals surface area contributed by atoms with Crippen molar-refractivity contribution >= 4 is 19.1 Å². The molecule has 1 aliphatic heterocycles. The second-order valence-corrected chi connectivity index (χ2v) is 10.7. The Labute approximate surface area is 177 Å². The molecule has 1 fully saturated rings. The van der Waals surface area contributed by atoms with E-state index in [1.54, 1.807) is 20.8 Å². The molecule has 0 spiro atoms. The topological polar surface area (TPSA) is 85.9 Å². The summed E-state index contributed by atoms with van der Waals surface area (Å²) in [5, 5.41) is 5.76. The minimum atomic E-state index is -0.720. The van der Waals surface area contributed by atoms with E-state index in [-0.39, 0.29) is 17.8 Å². The third-order valence-corrected chi connectivity index (χ3v) is 5.27. The summed E-state index contributed by atoms with van der Waals surface area (Å²) >= 11 is 0. The third kappa shape index (κ3) is 7.48. The highest BCUT2D eigenvalue weighted by Gasteiger charge is 2.54. The third-order valence-electron chi connectivity index (χ3n) is 5.27. The first-order chi connectivity index (χ1) is 12.9. The minimum absolute atomic E-state index is 0.111. The van der Waals surface area contributed by atoms with Crippen LogP contribution in [0.15, 0.2) is 0 Å². The molecule has 0 bridgehead atoms. The lowest BCUT2D eigenvalue weighted by atomic mass is 9.73. The first-order valence-corrected chi connectivity index (χ1v) is 10.6. The van der Waals surface area contributed by atoms with E-state index < -0.39 is 36.1 Å². The summed E-state index contributed by atoms with van der Waals surface area (Å²) in [6, 6.07) is -0.720. The number of alkyl carbamates (subject to hydrolysis) is 1. The van der Waals surface area contributed by atoms with Crippen LogP contribution in [-0.4, -0.2) is 47.9 Å². The molecule has 0 radical (unpaired) electrons. The van der Waals surface area contributed by atoms with Crippen molar-refractivity contribution in [3.05, 3.63) is 0 Å². The van der Waals surface area contributed by atoms with Crippen LogP contribution in [0.2, 0.25) is 0 Å². The van der Waals surface area contributed by atoms with Crippen LogP contribution in [0.5, 0.6) is 0 Å². The van der Waals surface area contributed by atoms with E-state index in [0.717, 1.165) is 0 Å². The number of nitrogens with one attached hydrogen (secondary N) is 2. The van der Waals surface area contributed by atoms with Crippen molar-refractivity contribution in [2.45, 2.75) is 111 Å². The quantitative estimate of drug-likeness (QED) is 0.623. The Bertz CT molecular complexity index is 568. The van der Waals surface area contributed by atoms with Gasteiger partial charge in [-0.25, -0.2) is 4.79 Å². The van der Waals surface area contributed by atoms with Gasteiger partial charge in [0.25, 0.3) is 0 Å². The Kier molecular flexibility index (Phi) is 8.22. The molecular weight excluding hydrogens is 371 g/mol. The number of hydrogen-bond acceptors (Lipinski definition) is 5.